The molecule has 0 radical (unpaired) electrons. The van der Waals surface area contributed by atoms with Crippen LogP contribution in [0.4, 0.5) is 0 Å². The molecule has 2 aliphatic heterocycles. The van der Waals surface area contributed by atoms with E-state index in [0.29, 0.717) is 11.1 Å². The number of benzene rings is 3. The predicted molar refractivity (Wildman–Crippen MR) is 99.8 cm³/mol. The first kappa shape index (κ1) is 15.3. The van der Waals surface area contributed by atoms with Crippen LogP contribution in [0, 0.1) is 5.41 Å². The molecule has 0 aliphatic carbocycles. The molecule has 2 N–H and O–H groups in total. The lowest BCUT2D eigenvalue weighted by Crippen LogP contribution is -2.25. The molecule has 6 nitrogen and oxygen atoms in total. The van der Waals surface area contributed by atoms with Gasteiger partial charge in [-0.1, -0.05) is 42.5 Å². The topological polar surface area (TPSA) is 92.1 Å². The molecule has 0 fully saturated rings. The number of fused-ring (bicyclic) bond motifs is 4. The van der Waals surface area contributed by atoms with Crippen molar-refractivity contribution in [1.82, 2.24) is 9.78 Å². The average molecular weight is 355 g/mol. The second-order valence-corrected chi connectivity index (χ2v) is 6.25. The lowest BCUT2D eigenvalue weighted by atomic mass is 10.0. The third kappa shape index (κ3) is 2.23. The first-order chi connectivity index (χ1) is 13.1. The van der Waals surface area contributed by atoms with Crippen molar-refractivity contribution < 1.29 is 14.3 Å². The second-order valence-electron chi connectivity index (χ2n) is 6.25. The van der Waals surface area contributed by atoms with Gasteiger partial charge in [0.05, 0.1) is 11.1 Å². The highest BCUT2D eigenvalue weighted by Crippen LogP contribution is 2.30. The van der Waals surface area contributed by atoms with Gasteiger partial charge in [0.15, 0.2) is 5.49 Å². The lowest BCUT2D eigenvalue weighted by Gasteiger charge is -2.04. The van der Waals surface area contributed by atoms with E-state index in [2.05, 4.69) is 5.10 Å². The minimum atomic E-state index is -0.585. The monoisotopic (exact) mass is 355 g/mol. The number of hydrogen-bond acceptors (Lipinski definition) is 5. The molecule has 0 bridgehead atoms. The standard InChI is InChI=1S/C21H13N3O3/c22-19-16-11-15-13-6-2-1-5-12(13)9-10-18(15)27-20(16)23-24(19)21(26)14-7-3-4-8-17(14)25/h1-11,22,25H. The minimum Gasteiger partial charge on any atom is -0.507 e. The van der Waals surface area contributed by atoms with Crippen molar-refractivity contribution >= 4 is 27.6 Å². The summed E-state index contributed by atoms with van der Waals surface area (Å²) in [5, 5.41) is 25.4. The van der Waals surface area contributed by atoms with Gasteiger partial charge in [-0.05, 0) is 35.0 Å². The number of aromatic nitrogens is 2. The molecule has 0 saturated heterocycles. The summed E-state index contributed by atoms with van der Waals surface area (Å²) in [4.78, 5) is 12.7. The quantitative estimate of drug-likeness (QED) is 0.448. The van der Waals surface area contributed by atoms with Gasteiger partial charge in [0.2, 0.25) is 5.89 Å². The summed E-state index contributed by atoms with van der Waals surface area (Å²) < 4.78 is 6.81. The minimum absolute atomic E-state index is 0.0776. The molecule has 27 heavy (non-hydrogen) atoms. The molecule has 0 atom stereocenters. The fourth-order valence-corrected chi connectivity index (χ4v) is 3.29. The summed E-state index contributed by atoms with van der Waals surface area (Å²) in [6, 6.07) is 19.7. The SMILES string of the molecule is N=c1c2cc3c(ccc4ccccc43)oc-2nn1C(=O)c1ccccc1O. The van der Waals surface area contributed by atoms with Gasteiger partial charge in [0.1, 0.15) is 11.3 Å². The maximum Gasteiger partial charge on any atom is 0.284 e. The molecule has 0 amide bonds. The number of phenolic OH excluding ortho intramolecular Hbond substituents is 1. The van der Waals surface area contributed by atoms with Gasteiger partial charge in [0.25, 0.3) is 5.91 Å². The molecule has 0 saturated carbocycles. The number of para-hydroxylation sites is 1. The Labute approximate surface area is 152 Å². The van der Waals surface area contributed by atoms with Crippen LogP contribution in [0.3, 0.4) is 0 Å². The van der Waals surface area contributed by atoms with Crippen molar-refractivity contribution in [2.75, 3.05) is 0 Å². The van der Waals surface area contributed by atoms with Crippen LogP contribution in [-0.4, -0.2) is 20.8 Å². The summed E-state index contributed by atoms with van der Waals surface area (Å²) in [7, 11) is 0. The number of carbonyl (C=O) groups is 1. The number of phenols is 1. The highest BCUT2D eigenvalue weighted by molar-refractivity contribution is 6.06. The Morgan fingerprint density at radius 2 is 1.78 bits per heavy atom. The summed E-state index contributed by atoms with van der Waals surface area (Å²) in [5.74, 6) is -0.542. The van der Waals surface area contributed by atoms with Crippen LogP contribution in [0.5, 0.6) is 5.75 Å². The normalized spacial score (nSPS) is 11.4. The van der Waals surface area contributed by atoms with E-state index in [1.54, 1.807) is 12.1 Å². The molecule has 130 valence electrons. The highest BCUT2D eigenvalue weighted by Gasteiger charge is 2.22. The fraction of sp³-hybridized carbons (Fsp3) is 0. The van der Waals surface area contributed by atoms with Crippen molar-refractivity contribution in [2.24, 2.45) is 0 Å². The van der Waals surface area contributed by atoms with Crippen LogP contribution in [0.25, 0.3) is 33.2 Å². The van der Waals surface area contributed by atoms with Crippen LogP contribution < -0.4 is 5.49 Å². The van der Waals surface area contributed by atoms with Gasteiger partial charge in [-0.25, -0.2) is 0 Å². The van der Waals surface area contributed by atoms with Gasteiger partial charge in [-0.3, -0.25) is 10.2 Å². The van der Waals surface area contributed by atoms with Crippen LogP contribution >= 0.6 is 0 Å². The fourth-order valence-electron chi connectivity index (χ4n) is 3.29. The van der Waals surface area contributed by atoms with Crippen molar-refractivity contribution in [1.29, 1.82) is 5.41 Å². The first-order valence-electron chi connectivity index (χ1n) is 8.35. The zero-order valence-electron chi connectivity index (χ0n) is 14.0. The smallest absolute Gasteiger partial charge is 0.284 e. The van der Waals surface area contributed by atoms with E-state index in [1.807, 2.05) is 42.5 Å². The van der Waals surface area contributed by atoms with E-state index >= 15 is 0 Å². The number of nitrogens with zero attached hydrogens (tertiary/aromatic N) is 2. The summed E-state index contributed by atoms with van der Waals surface area (Å²) in [6.07, 6.45) is 0. The van der Waals surface area contributed by atoms with Crippen molar-refractivity contribution in [3.8, 4) is 17.2 Å². The molecule has 0 aromatic heterocycles. The van der Waals surface area contributed by atoms with Gasteiger partial charge in [-0.2, -0.15) is 4.68 Å². The zero-order chi connectivity index (χ0) is 18.5. The Bertz CT molecular complexity index is 1380. The molecular formula is C21H13N3O3. The van der Waals surface area contributed by atoms with E-state index < -0.39 is 5.91 Å². The van der Waals surface area contributed by atoms with Crippen molar-refractivity contribution in [2.45, 2.75) is 0 Å². The molecule has 0 spiro atoms. The Morgan fingerprint density at radius 3 is 2.63 bits per heavy atom. The van der Waals surface area contributed by atoms with Crippen LogP contribution in [0.15, 0.2) is 71.1 Å². The van der Waals surface area contributed by atoms with E-state index in [1.165, 1.54) is 12.1 Å². The molecule has 3 aromatic rings. The molecule has 5 rings (SSSR count). The Kier molecular flexibility index (Phi) is 3.14. The predicted octanol–water partition coefficient (Wildman–Crippen LogP) is 3.76. The summed E-state index contributed by atoms with van der Waals surface area (Å²) in [5.41, 5.74) is 1.05. The van der Waals surface area contributed by atoms with Gasteiger partial charge < -0.3 is 9.52 Å². The zero-order valence-corrected chi connectivity index (χ0v) is 14.0. The van der Waals surface area contributed by atoms with Crippen LogP contribution in [0.1, 0.15) is 10.4 Å². The summed E-state index contributed by atoms with van der Waals surface area (Å²) >= 11 is 0. The van der Waals surface area contributed by atoms with Crippen molar-refractivity contribution in [3.05, 3.63) is 77.8 Å². The Hall–Kier alpha value is -3.93. The van der Waals surface area contributed by atoms with E-state index in [9.17, 15) is 9.90 Å². The maximum atomic E-state index is 12.7. The lowest BCUT2D eigenvalue weighted by molar-refractivity contribution is 0.0937. The van der Waals surface area contributed by atoms with Gasteiger partial charge in [0, 0.05) is 5.39 Å². The number of carbonyl (C=O) groups excluding carboxylic acids is 1. The second kappa shape index (κ2) is 5.54. The van der Waals surface area contributed by atoms with E-state index in [-0.39, 0.29) is 22.7 Å². The third-order valence-electron chi connectivity index (χ3n) is 4.64. The Morgan fingerprint density at radius 1 is 1.00 bits per heavy atom. The maximum absolute atomic E-state index is 12.7. The molecule has 3 aromatic carbocycles. The number of aromatic hydroxyl groups is 1. The largest absolute Gasteiger partial charge is 0.507 e. The number of rotatable bonds is 1. The van der Waals surface area contributed by atoms with Crippen LogP contribution in [0.2, 0.25) is 0 Å². The number of nitrogens with one attached hydrogen (secondary N) is 1. The summed E-state index contributed by atoms with van der Waals surface area (Å²) in [6.45, 7) is 0. The molecule has 2 heterocycles. The highest BCUT2D eigenvalue weighted by atomic mass is 16.3. The first-order valence-corrected chi connectivity index (χ1v) is 8.35. The Balaban J connectivity index is 1.78. The van der Waals surface area contributed by atoms with Crippen LogP contribution in [-0.2, 0) is 0 Å². The molecule has 2 aliphatic rings. The molecular weight excluding hydrogens is 342 g/mol. The van der Waals surface area contributed by atoms with Crippen molar-refractivity contribution in [3.63, 3.8) is 0 Å². The number of hydrogen-bond donors (Lipinski definition) is 2. The van der Waals surface area contributed by atoms with E-state index in [4.69, 9.17) is 9.83 Å². The van der Waals surface area contributed by atoms with E-state index in [0.717, 1.165) is 20.8 Å². The molecule has 0 unspecified atom stereocenters. The molecule has 6 heteroatoms. The van der Waals surface area contributed by atoms with Gasteiger partial charge >= 0.3 is 0 Å². The third-order valence-corrected chi connectivity index (χ3v) is 4.64. The van der Waals surface area contributed by atoms with Gasteiger partial charge in [-0.15, -0.1) is 5.10 Å². The average Bonchev–Trinajstić information content (AvgIpc) is 3.02.